The third-order valence-corrected chi connectivity index (χ3v) is 6.76. The van der Waals surface area contributed by atoms with Crippen molar-refractivity contribution in [3.05, 3.63) is 83.9 Å². The SMILES string of the molecule is NCc1cc2cc(-c3ccc(C(=S)N4CCC(F)(F)CC4)cc3)cc(-c3ccc(F)cc3)c2o1. The summed E-state index contributed by atoms with van der Waals surface area (Å²) in [6, 6.07) is 20.1. The molecule has 0 atom stereocenters. The fraction of sp³-hybridized carbons (Fsp3) is 0.222. The van der Waals surface area contributed by atoms with Gasteiger partial charge in [-0.05, 0) is 47.0 Å². The minimum atomic E-state index is -2.60. The Morgan fingerprint density at radius 3 is 2.21 bits per heavy atom. The second-order valence-electron chi connectivity index (χ2n) is 8.59. The lowest BCUT2D eigenvalue weighted by molar-refractivity contribution is -0.0430. The van der Waals surface area contributed by atoms with Crippen molar-refractivity contribution in [1.29, 1.82) is 0 Å². The van der Waals surface area contributed by atoms with E-state index in [0.717, 1.165) is 33.2 Å². The van der Waals surface area contributed by atoms with E-state index in [1.54, 1.807) is 12.1 Å². The molecule has 34 heavy (non-hydrogen) atoms. The highest BCUT2D eigenvalue weighted by Gasteiger charge is 2.34. The molecule has 2 N–H and O–H groups in total. The van der Waals surface area contributed by atoms with Crippen LogP contribution in [0.3, 0.4) is 0 Å². The summed E-state index contributed by atoms with van der Waals surface area (Å²) in [6.45, 7) is 0.798. The third-order valence-electron chi connectivity index (χ3n) is 6.27. The largest absolute Gasteiger partial charge is 0.459 e. The van der Waals surface area contributed by atoms with Gasteiger partial charge in [0.1, 0.15) is 22.1 Å². The van der Waals surface area contributed by atoms with E-state index in [4.69, 9.17) is 22.4 Å². The first-order chi connectivity index (χ1) is 16.3. The fourth-order valence-corrected chi connectivity index (χ4v) is 4.66. The zero-order valence-electron chi connectivity index (χ0n) is 18.4. The summed E-state index contributed by atoms with van der Waals surface area (Å²) in [7, 11) is 0. The quantitative estimate of drug-likeness (QED) is 0.327. The van der Waals surface area contributed by atoms with Gasteiger partial charge in [0.05, 0.1) is 6.54 Å². The Morgan fingerprint density at radius 2 is 1.56 bits per heavy atom. The van der Waals surface area contributed by atoms with Crippen molar-refractivity contribution >= 4 is 28.2 Å². The van der Waals surface area contributed by atoms with Crippen molar-refractivity contribution in [2.45, 2.75) is 25.3 Å². The van der Waals surface area contributed by atoms with Crippen molar-refractivity contribution < 1.29 is 17.6 Å². The molecular formula is C27H23F3N2OS. The van der Waals surface area contributed by atoms with Crippen LogP contribution in [0.15, 0.2) is 71.1 Å². The molecule has 3 nitrogen and oxygen atoms in total. The molecule has 174 valence electrons. The number of hydrogen-bond donors (Lipinski definition) is 1. The van der Waals surface area contributed by atoms with Gasteiger partial charge < -0.3 is 15.1 Å². The van der Waals surface area contributed by atoms with Crippen LogP contribution in [0.5, 0.6) is 0 Å². The topological polar surface area (TPSA) is 42.4 Å². The van der Waals surface area contributed by atoms with E-state index in [9.17, 15) is 13.2 Å². The van der Waals surface area contributed by atoms with Crippen molar-refractivity contribution in [2.75, 3.05) is 13.1 Å². The molecular weight excluding hydrogens is 457 g/mol. The number of halogens is 3. The van der Waals surface area contributed by atoms with Gasteiger partial charge in [-0.25, -0.2) is 13.2 Å². The molecule has 0 bridgehead atoms. The van der Waals surface area contributed by atoms with Gasteiger partial charge in [-0.15, -0.1) is 0 Å². The number of thiocarbonyl (C=S) groups is 1. The number of piperidine rings is 1. The Hall–Kier alpha value is -3.16. The molecule has 7 heteroatoms. The molecule has 1 saturated heterocycles. The molecule has 4 aromatic rings. The lowest BCUT2D eigenvalue weighted by atomic mass is 9.96. The molecule has 0 aliphatic carbocycles. The Kier molecular flexibility index (Phi) is 5.91. The van der Waals surface area contributed by atoms with Gasteiger partial charge in [0.25, 0.3) is 5.92 Å². The summed E-state index contributed by atoms with van der Waals surface area (Å²) in [6.07, 6.45) is -0.347. The maximum atomic E-state index is 13.5. The molecule has 3 aromatic carbocycles. The summed E-state index contributed by atoms with van der Waals surface area (Å²) in [5.41, 5.74) is 10.9. The normalized spacial score (nSPS) is 15.6. The lowest BCUT2D eigenvalue weighted by Crippen LogP contribution is -2.42. The van der Waals surface area contributed by atoms with Crippen LogP contribution in [-0.4, -0.2) is 28.9 Å². The van der Waals surface area contributed by atoms with E-state index < -0.39 is 5.92 Å². The smallest absolute Gasteiger partial charge is 0.251 e. The minimum Gasteiger partial charge on any atom is -0.459 e. The first kappa shape index (κ1) is 22.6. The minimum absolute atomic E-state index is 0.174. The molecule has 1 aliphatic rings. The van der Waals surface area contributed by atoms with Crippen LogP contribution in [0.2, 0.25) is 0 Å². The highest BCUT2D eigenvalue weighted by atomic mass is 32.1. The molecule has 5 rings (SSSR count). The van der Waals surface area contributed by atoms with Gasteiger partial charge in [-0.3, -0.25) is 0 Å². The predicted molar refractivity (Wildman–Crippen MR) is 132 cm³/mol. The first-order valence-electron chi connectivity index (χ1n) is 11.1. The molecule has 0 saturated carbocycles. The highest BCUT2D eigenvalue weighted by molar-refractivity contribution is 7.80. The highest BCUT2D eigenvalue weighted by Crippen LogP contribution is 2.36. The number of fused-ring (bicyclic) bond motifs is 1. The number of benzene rings is 3. The number of furan rings is 1. The summed E-state index contributed by atoms with van der Waals surface area (Å²) in [5, 5.41) is 0.908. The number of hydrogen-bond acceptors (Lipinski definition) is 3. The lowest BCUT2D eigenvalue weighted by Gasteiger charge is -2.33. The van der Waals surface area contributed by atoms with E-state index in [-0.39, 0.29) is 38.3 Å². The third kappa shape index (κ3) is 4.45. The molecule has 0 amide bonds. The molecule has 0 unspecified atom stereocenters. The maximum absolute atomic E-state index is 13.5. The summed E-state index contributed by atoms with van der Waals surface area (Å²) < 4.78 is 46.5. The number of nitrogens with two attached hydrogens (primary N) is 1. The Balaban J connectivity index is 1.48. The number of nitrogens with zero attached hydrogens (tertiary/aromatic N) is 1. The van der Waals surface area contributed by atoms with Gasteiger partial charge >= 0.3 is 0 Å². The zero-order chi connectivity index (χ0) is 23.9. The summed E-state index contributed by atoms with van der Waals surface area (Å²) in [4.78, 5) is 2.44. The second kappa shape index (κ2) is 8.89. The monoisotopic (exact) mass is 480 g/mol. The molecule has 1 aromatic heterocycles. The van der Waals surface area contributed by atoms with Crippen LogP contribution in [0.25, 0.3) is 33.2 Å². The van der Waals surface area contributed by atoms with Gasteiger partial charge in [0, 0.05) is 42.4 Å². The van der Waals surface area contributed by atoms with Crippen LogP contribution < -0.4 is 5.73 Å². The van der Waals surface area contributed by atoms with E-state index in [1.807, 2.05) is 47.4 Å². The maximum Gasteiger partial charge on any atom is 0.251 e. The van der Waals surface area contributed by atoms with Gasteiger partial charge in [0.2, 0.25) is 0 Å². The van der Waals surface area contributed by atoms with Crippen LogP contribution in [0, 0.1) is 5.82 Å². The standard InChI is InChI=1S/C27H23F3N2OS/c28-22-7-5-18(6-8-22)24-15-20(13-21-14-23(16-31)33-25(21)24)17-1-3-19(4-2-17)26(34)32-11-9-27(29,30)10-12-32/h1-8,13-15H,9-12,16,31H2. The van der Waals surface area contributed by atoms with Crippen LogP contribution in [0.4, 0.5) is 13.2 Å². The van der Waals surface area contributed by atoms with Crippen molar-refractivity contribution in [1.82, 2.24) is 4.90 Å². The zero-order valence-corrected chi connectivity index (χ0v) is 19.2. The Morgan fingerprint density at radius 1 is 0.912 bits per heavy atom. The summed E-state index contributed by atoms with van der Waals surface area (Å²) in [5.74, 6) is -2.24. The average molecular weight is 481 g/mol. The molecule has 1 fully saturated rings. The summed E-state index contributed by atoms with van der Waals surface area (Å²) >= 11 is 5.58. The molecule has 1 aliphatic heterocycles. The van der Waals surface area contributed by atoms with Crippen LogP contribution in [-0.2, 0) is 6.54 Å². The number of alkyl halides is 2. The van der Waals surface area contributed by atoms with E-state index in [0.29, 0.717) is 16.3 Å². The van der Waals surface area contributed by atoms with Crippen LogP contribution in [0.1, 0.15) is 24.2 Å². The van der Waals surface area contributed by atoms with Crippen molar-refractivity contribution in [3.63, 3.8) is 0 Å². The fourth-order valence-electron chi connectivity index (χ4n) is 4.34. The molecule has 0 radical (unpaired) electrons. The molecule has 0 spiro atoms. The second-order valence-corrected chi connectivity index (χ2v) is 8.98. The Labute approximate surface area is 201 Å². The average Bonchev–Trinajstić information content (AvgIpc) is 3.27. The first-order valence-corrected chi connectivity index (χ1v) is 11.5. The van der Waals surface area contributed by atoms with Crippen LogP contribution >= 0.6 is 12.2 Å². The van der Waals surface area contributed by atoms with E-state index >= 15 is 0 Å². The van der Waals surface area contributed by atoms with E-state index in [2.05, 4.69) is 0 Å². The van der Waals surface area contributed by atoms with Crippen molar-refractivity contribution in [2.24, 2.45) is 5.73 Å². The number of rotatable bonds is 4. The number of likely N-dealkylation sites (tertiary alicyclic amines) is 1. The predicted octanol–water partition coefficient (Wildman–Crippen LogP) is 6.77. The van der Waals surface area contributed by atoms with Gasteiger partial charge in [-0.1, -0.05) is 48.6 Å². The van der Waals surface area contributed by atoms with E-state index in [1.165, 1.54) is 12.1 Å². The van der Waals surface area contributed by atoms with Gasteiger partial charge in [-0.2, -0.15) is 0 Å². The van der Waals surface area contributed by atoms with Gasteiger partial charge in [0.15, 0.2) is 0 Å². The Bertz CT molecular complexity index is 1340. The molecule has 2 heterocycles. The van der Waals surface area contributed by atoms with Crippen molar-refractivity contribution in [3.8, 4) is 22.3 Å².